The fourth-order valence-corrected chi connectivity index (χ4v) is 3.82. The van der Waals surface area contributed by atoms with Gasteiger partial charge in [0.2, 0.25) is 11.8 Å². The molecule has 8 heteroatoms. The summed E-state index contributed by atoms with van der Waals surface area (Å²) >= 11 is 6.03. The summed E-state index contributed by atoms with van der Waals surface area (Å²) in [5.74, 6) is 1.18. The summed E-state index contributed by atoms with van der Waals surface area (Å²) in [7, 11) is 0. The van der Waals surface area contributed by atoms with Gasteiger partial charge in [-0.1, -0.05) is 37.8 Å². The topological polar surface area (TPSA) is 58.6 Å². The average molecular weight is 435 g/mol. The molecule has 1 atom stereocenters. The van der Waals surface area contributed by atoms with Crippen molar-refractivity contribution in [3.05, 3.63) is 41.4 Å². The largest absolute Gasteiger partial charge is 0.437 e. The van der Waals surface area contributed by atoms with Crippen LogP contribution in [0.3, 0.4) is 0 Å². The fourth-order valence-electron chi connectivity index (χ4n) is 3.61. The quantitative estimate of drug-likeness (QED) is 0.543. The van der Waals surface area contributed by atoms with Gasteiger partial charge in [0.15, 0.2) is 0 Å². The van der Waals surface area contributed by atoms with E-state index < -0.39 is 5.82 Å². The summed E-state index contributed by atoms with van der Waals surface area (Å²) in [6.07, 6.45) is 6.46. The third-order valence-electron chi connectivity index (χ3n) is 5.25. The Labute approximate surface area is 182 Å². The zero-order valence-corrected chi connectivity index (χ0v) is 18.2. The highest BCUT2D eigenvalue weighted by Gasteiger charge is 2.28. The first-order valence-corrected chi connectivity index (χ1v) is 10.8. The van der Waals surface area contributed by atoms with Crippen LogP contribution in [-0.2, 0) is 4.79 Å². The minimum atomic E-state index is -0.428. The van der Waals surface area contributed by atoms with Crippen LogP contribution < -0.4 is 9.64 Å². The van der Waals surface area contributed by atoms with Crippen molar-refractivity contribution in [1.82, 2.24) is 14.9 Å². The van der Waals surface area contributed by atoms with E-state index in [1.807, 2.05) is 4.90 Å². The van der Waals surface area contributed by atoms with Crippen LogP contribution in [0, 0.1) is 5.82 Å². The van der Waals surface area contributed by atoms with E-state index in [0.29, 0.717) is 37.7 Å². The summed E-state index contributed by atoms with van der Waals surface area (Å²) in [5, 5.41) is 0.176. The number of aromatic nitrogens is 2. The smallest absolute Gasteiger partial charge is 0.224 e. The molecule has 0 aliphatic carbocycles. The number of carbonyl (C=O) groups excluding carboxylic acids is 1. The molecule has 1 amide bonds. The molecule has 0 spiro atoms. The van der Waals surface area contributed by atoms with Crippen LogP contribution in [0.25, 0.3) is 0 Å². The van der Waals surface area contributed by atoms with Gasteiger partial charge in [0.1, 0.15) is 23.7 Å². The Balaban J connectivity index is 1.60. The van der Waals surface area contributed by atoms with Gasteiger partial charge in [-0.25, -0.2) is 14.4 Å². The molecule has 0 N–H and O–H groups in total. The highest BCUT2D eigenvalue weighted by Crippen LogP contribution is 2.30. The van der Waals surface area contributed by atoms with E-state index in [2.05, 4.69) is 28.7 Å². The van der Waals surface area contributed by atoms with E-state index in [1.165, 1.54) is 37.4 Å². The van der Waals surface area contributed by atoms with Gasteiger partial charge in [0, 0.05) is 38.2 Å². The highest BCUT2D eigenvalue weighted by molar-refractivity contribution is 6.32. The zero-order valence-electron chi connectivity index (χ0n) is 17.5. The van der Waals surface area contributed by atoms with E-state index >= 15 is 0 Å². The number of hydrogen-bond donors (Lipinski definition) is 0. The molecule has 1 aromatic heterocycles. The Morgan fingerprint density at radius 1 is 1.23 bits per heavy atom. The molecular formula is C22H28ClFN4O2. The molecule has 0 bridgehead atoms. The number of amides is 1. The summed E-state index contributed by atoms with van der Waals surface area (Å²) in [5.41, 5.74) is 0. The number of anilines is 1. The van der Waals surface area contributed by atoms with Gasteiger partial charge in [0.05, 0.1) is 5.02 Å². The average Bonchev–Trinajstić information content (AvgIpc) is 2.73. The van der Waals surface area contributed by atoms with Gasteiger partial charge in [0.25, 0.3) is 0 Å². The van der Waals surface area contributed by atoms with E-state index in [1.54, 1.807) is 6.07 Å². The Bertz CT molecular complexity index is 867. The summed E-state index contributed by atoms with van der Waals surface area (Å²) in [6.45, 7) is 6.28. The zero-order chi connectivity index (χ0) is 21.5. The predicted molar refractivity (Wildman–Crippen MR) is 116 cm³/mol. The van der Waals surface area contributed by atoms with Crippen molar-refractivity contribution >= 4 is 23.3 Å². The van der Waals surface area contributed by atoms with Crippen LogP contribution in [0.1, 0.15) is 46.0 Å². The SMILES string of the molecule is CCCCCCC(=O)N1CCN(c2cc(Oc3ccc(F)cc3Cl)ncn2)CC1C. The van der Waals surface area contributed by atoms with E-state index in [4.69, 9.17) is 16.3 Å². The van der Waals surface area contributed by atoms with Crippen molar-refractivity contribution in [2.75, 3.05) is 24.5 Å². The molecule has 6 nitrogen and oxygen atoms in total. The lowest BCUT2D eigenvalue weighted by molar-refractivity contribution is -0.133. The Kier molecular flexibility index (Phi) is 7.85. The first-order chi connectivity index (χ1) is 14.5. The summed E-state index contributed by atoms with van der Waals surface area (Å²) < 4.78 is 18.9. The van der Waals surface area contributed by atoms with Gasteiger partial charge < -0.3 is 14.5 Å². The van der Waals surface area contributed by atoms with Crippen LogP contribution in [0.5, 0.6) is 11.6 Å². The second-order valence-corrected chi connectivity index (χ2v) is 7.99. The maximum absolute atomic E-state index is 13.2. The Morgan fingerprint density at radius 3 is 2.80 bits per heavy atom. The Morgan fingerprint density at radius 2 is 2.07 bits per heavy atom. The minimum Gasteiger partial charge on any atom is -0.437 e. The van der Waals surface area contributed by atoms with Crippen molar-refractivity contribution in [3.63, 3.8) is 0 Å². The van der Waals surface area contributed by atoms with Crippen molar-refractivity contribution in [2.24, 2.45) is 0 Å². The Hall–Kier alpha value is -2.41. The third kappa shape index (κ3) is 5.81. The van der Waals surface area contributed by atoms with Crippen LogP contribution in [0.15, 0.2) is 30.6 Å². The predicted octanol–water partition coefficient (Wildman–Crippen LogP) is 5.07. The maximum Gasteiger partial charge on any atom is 0.224 e. The van der Waals surface area contributed by atoms with Gasteiger partial charge in [-0.2, -0.15) is 0 Å². The second kappa shape index (κ2) is 10.6. The fraction of sp³-hybridized carbons (Fsp3) is 0.500. The first kappa shape index (κ1) is 22.3. The molecule has 2 aromatic rings. The second-order valence-electron chi connectivity index (χ2n) is 7.58. The summed E-state index contributed by atoms with van der Waals surface area (Å²) in [4.78, 5) is 25.1. The van der Waals surface area contributed by atoms with Crippen LogP contribution >= 0.6 is 11.6 Å². The monoisotopic (exact) mass is 434 g/mol. The number of nitrogens with zero attached hydrogens (tertiary/aromatic N) is 4. The summed E-state index contributed by atoms with van der Waals surface area (Å²) in [6, 6.07) is 5.77. The molecular weight excluding hydrogens is 407 g/mol. The minimum absolute atomic E-state index is 0.100. The van der Waals surface area contributed by atoms with Crippen molar-refractivity contribution in [1.29, 1.82) is 0 Å². The molecule has 1 aliphatic rings. The van der Waals surface area contributed by atoms with Crippen LogP contribution in [0.2, 0.25) is 5.02 Å². The molecule has 0 saturated carbocycles. The highest BCUT2D eigenvalue weighted by atomic mass is 35.5. The van der Waals surface area contributed by atoms with E-state index in [0.717, 1.165) is 18.7 Å². The normalized spacial score (nSPS) is 16.6. The molecule has 1 unspecified atom stereocenters. The van der Waals surface area contributed by atoms with E-state index in [-0.39, 0.29) is 17.0 Å². The number of hydrogen-bond acceptors (Lipinski definition) is 5. The number of carbonyl (C=O) groups is 1. The standard InChI is InChI=1S/C22H28ClFN4O2/c1-3-4-5-6-7-22(29)28-11-10-27(14-16(28)2)20-13-21(26-15-25-20)30-19-9-8-17(24)12-18(19)23/h8-9,12-13,15-16H,3-7,10-11,14H2,1-2H3. The molecule has 162 valence electrons. The van der Waals surface area contributed by atoms with Gasteiger partial charge in [-0.15, -0.1) is 0 Å². The molecule has 1 aromatic carbocycles. The maximum atomic E-state index is 13.2. The van der Waals surface area contributed by atoms with E-state index in [9.17, 15) is 9.18 Å². The van der Waals surface area contributed by atoms with Gasteiger partial charge in [-0.3, -0.25) is 4.79 Å². The molecule has 1 saturated heterocycles. The van der Waals surface area contributed by atoms with Crippen molar-refractivity contribution < 1.29 is 13.9 Å². The van der Waals surface area contributed by atoms with Crippen molar-refractivity contribution in [2.45, 2.75) is 52.0 Å². The van der Waals surface area contributed by atoms with Crippen LogP contribution in [-0.4, -0.2) is 46.5 Å². The van der Waals surface area contributed by atoms with Crippen molar-refractivity contribution in [3.8, 4) is 11.6 Å². The molecule has 2 heterocycles. The number of halogens is 2. The molecule has 1 fully saturated rings. The molecule has 3 rings (SSSR count). The lowest BCUT2D eigenvalue weighted by Gasteiger charge is -2.40. The first-order valence-electron chi connectivity index (χ1n) is 10.5. The molecule has 30 heavy (non-hydrogen) atoms. The van der Waals surface area contributed by atoms with Gasteiger partial charge >= 0.3 is 0 Å². The molecule has 0 radical (unpaired) electrons. The molecule has 1 aliphatic heterocycles. The van der Waals surface area contributed by atoms with Gasteiger partial charge in [-0.05, 0) is 31.5 Å². The lowest BCUT2D eigenvalue weighted by atomic mass is 10.1. The number of benzene rings is 1. The number of piperazine rings is 1. The van der Waals surface area contributed by atoms with Crippen LogP contribution in [0.4, 0.5) is 10.2 Å². The third-order valence-corrected chi connectivity index (χ3v) is 5.55. The lowest BCUT2D eigenvalue weighted by Crippen LogP contribution is -2.54. The number of ether oxygens (including phenoxy) is 1. The number of rotatable bonds is 8. The number of unbranched alkanes of at least 4 members (excludes halogenated alkanes) is 3.